The molecule has 0 rings (SSSR count). The van der Waals surface area contributed by atoms with Gasteiger partial charge in [0.25, 0.3) is 0 Å². The Morgan fingerprint density at radius 3 is 1.35 bits per heavy atom. The van der Waals surface area contributed by atoms with E-state index in [9.17, 15) is 19.4 Å². The number of phosphoric acid groups is 1. The summed E-state index contributed by atoms with van der Waals surface area (Å²) in [6.07, 6.45) is 46.7. The number of aliphatic hydroxyl groups is 1. The molecule has 0 saturated heterocycles. The average molecular weight is 830 g/mol. The molecule has 0 aromatic heterocycles. The Balaban J connectivity index is 4.17. The molecule has 3 atom stereocenters. The molecular weight excluding hydrogens is 732 g/mol. The van der Waals surface area contributed by atoms with Crippen molar-refractivity contribution < 1.29 is 32.9 Å². The Hall–Kier alpha value is -0.760. The van der Waals surface area contributed by atoms with Crippen LogP contribution < -0.4 is 5.32 Å². The Morgan fingerprint density at radius 2 is 0.947 bits per heavy atom. The highest BCUT2D eigenvalue weighted by atomic mass is 31.2. The molecule has 8 nitrogen and oxygen atoms in total. The van der Waals surface area contributed by atoms with Gasteiger partial charge in [-0.05, 0) is 38.5 Å². The lowest BCUT2D eigenvalue weighted by atomic mass is 10.0. The monoisotopic (exact) mass is 830 g/mol. The molecule has 0 heterocycles. The Kier molecular flexibility index (Phi) is 40.1. The summed E-state index contributed by atoms with van der Waals surface area (Å²) in [5, 5.41) is 14.0. The number of phosphoric ester groups is 1. The van der Waals surface area contributed by atoms with Gasteiger partial charge in [-0.25, -0.2) is 4.57 Å². The number of hydrogen-bond acceptors (Lipinski definition) is 5. The van der Waals surface area contributed by atoms with Gasteiger partial charge in [0.2, 0.25) is 5.91 Å². The van der Waals surface area contributed by atoms with Crippen LogP contribution in [0.5, 0.6) is 0 Å². The van der Waals surface area contributed by atoms with E-state index in [2.05, 4.69) is 31.3 Å². The SMILES string of the molecule is CCCCCCCC/C=C/CCCCCCCCCCCCCCCC(=O)N[C@@H](COP(=O)(O)OCC[N+](C)(C)C)[C@H](O)CCCCCCCCCCCCCC. The van der Waals surface area contributed by atoms with Crippen molar-refractivity contribution in [3.8, 4) is 0 Å². The number of quaternary nitrogens is 1. The smallest absolute Gasteiger partial charge is 0.391 e. The molecule has 0 saturated carbocycles. The number of allylic oxidation sites excluding steroid dienone is 2. The molecule has 0 aromatic rings. The second kappa shape index (κ2) is 40.6. The van der Waals surface area contributed by atoms with Gasteiger partial charge in [0.05, 0.1) is 39.9 Å². The van der Waals surface area contributed by atoms with Crippen molar-refractivity contribution >= 4 is 13.7 Å². The van der Waals surface area contributed by atoms with Crippen LogP contribution in [0.3, 0.4) is 0 Å². The number of likely N-dealkylation sites (N-methyl/N-ethyl adjacent to an activating group) is 1. The largest absolute Gasteiger partial charge is 0.472 e. The quantitative estimate of drug-likeness (QED) is 0.0244. The van der Waals surface area contributed by atoms with Gasteiger partial charge < -0.3 is 19.8 Å². The minimum atomic E-state index is -4.31. The van der Waals surface area contributed by atoms with Crippen LogP contribution in [0.2, 0.25) is 0 Å². The van der Waals surface area contributed by atoms with Crippen LogP contribution in [0.4, 0.5) is 0 Å². The van der Waals surface area contributed by atoms with E-state index in [-0.39, 0.29) is 19.1 Å². The average Bonchev–Trinajstić information content (AvgIpc) is 3.16. The summed E-state index contributed by atoms with van der Waals surface area (Å²) in [5.41, 5.74) is 0. The van der Waals surface area contributed by atoms with Gasteiger partial charge in [0.1, 0.15) is 13.2 Å². The van der Waals surface area contributed by atoms with Crippen LogP contribution in [0, 0.1) is 0 Å². The first-order valence-electron chi connectivity index (χ1n) is 24.6. The van der Waals surface area contributed by atoms with Crippen molar-refractivity contribution in [2.45, 2.75) is 251 Å². The third kappa shape index (κ3) is 43.1. The second-order valence-electron chi connectivity index (χ2n) is 18.2. The highest BCUT2D eigenvalue weighted by Crippen LogP contribution is 2.43. The van der Waals surface area contributed by atoms with E-state index in [4.69, 9.17) is 9.05 Å². The van der Waals surface area contributed by atoms with Crippen molar-refractivity contribution in [2.75, 3.05) is 40.9 Å². The fourth-order valence-corrected chi connectivity index (χ4v) is 8.07. The van der Waals surface area contributed by atoms with Gasteiger partial charge in [-0.1, -0.05) is 206 Å². The summed E-state index contributed by atoms with van der Waals surface area (Å²) >= 11 is 0. The maximum Gasteiger partial charge on any atom is 0.472 e. The number of carbonyl (C=O) groups is 1. The first-order chi connectivity index (χ1) is 27.5. The highest BCUT2D eigenvalue weighted by molar-refractivity contribution is 7.47. The van der Waals surface area contributed by atoms with Crippen LogP contribution in [0.1, 0.15) is 239 Å². The highest BCUT2D eigenvalue weighted by Gasteiger charge is 2.28. The molecule has 0 aromatic carbocycles. The summed E-state index contributed by atoms with van der Waals surface area (Å²) in [4.78, 5) is 23.2. The first-order valence-corrected chi connectivity index (χ1v) is 26.0. The van der Waals surface area contributed by atoms with E-state index in [0.717, 1.165) is 38.5 Å². The third-order valence-electron chi connectivity index (χ3n) is 11.3. The molecule has 0 aliphatic heterocycles. The second-order valence-corrected chi connectivity index (χ2v) is 19.6. The minimum Gasteiger partial charge on any atom is -0.391 e. The zero-order valence-corrected chi connectivity index (χ0v) is 39.5. The van der Waals surface area contributed by atoms with Crippen LogP contribution in [-0.2, 0) is 18.4 Å². The number of nitrogens with zero attached hydrogens (tertiary/aromatic N) is 1. The fourth-order valence-electron chi connectivity index (χ4n) is 7.34. The van der Waals surface area contributed by atoms with E-state index in [1.165, 1.54) is 173 Å². The lowest BCUT2D eigenvalue weighted by Gasteiger charge is -2.26. The van der Waals surface area contributed by atoms with Crippen LogP contribution in [0.25, 0.3) is 0 Å². The lowest BCUT2D eigenvalue weighted by molar-refractivity contribution is -0.870. The van der Waals surface area contributed by atoms with Gasteiger partial charge in [0.15, 0.2) is 0 Å². The molecule has 0 radical (unpaired) electrons. The number of hydrogen-bond donors (Lipinski definition) is 3. The molecule has 0 spiro atoms. The summed E-state index contributed by atoms with van der Waals surface area (Å²) in [7, 11) is 1.62. The predicted molar refractivity (Wildman–Crippen MR) is 245 cm³/mol. The number of amides is 1. The third-order valence-corrected chi connectivity index (χ3v) is 12.2. The summed E-state index contributed by atoms with van der Waals surface area (Å²) in [6.45, 7) is 4.90. The standard InChI is InChI=1S/C48H97N2O6P/c1-6-8-10-12-14-16-18-20-21-22-23-24-25-26-27-28-29-30-32-34-36-38-40-42-48(52)49-46(45-56-57(53,54)55-44-43-50(3,4)5)47(51)41-39-37-35-33-31-19-17-15-13-11-9-7-2/h20-21,46-47,51H,6-19,22-45H2,1-5H3,(H-,49,52,53,54)/p+1/b21-20+/t46-,47+/m0/s1. The molecule has 0 fully saturated rings. The van der Waals surface area contributed by atoms with Gasteiger partial charge >= 0.3 is 7.82 Å². The fraction of sp³-hybridized carbons (Fsp3) is 0.938. The van der Waals surface area contributed by atoms with Gasteiger partial charge in [-0.15, -0.1) is 0 Å². The predicted octanol–water partition coefficient (Wildman–Crippen LogP) is 13.9. The molecule has 3 N–H and O–H groups in total. The van der Waals surface area contributed by atoms with Crippen LogP contribution in [-0.4, -0.2) is 73.4 Å². The molecule has 0 aliphatic carbocycles. The normalized spacial score (nSPS) is 14.3. The van der Waals surface area contributed by atoms with E-state index in [1.54, 1.807) is 0 Å². The lowest BCUT2D eigenvalue weighted by Crippen LogP contribution is -2.46. The van der Waals surface area contributed by atoms with E-state index in [1.807, 2.05) is 21.1 Å². The number of rotatable bonds is 45. The Labute approximate surface area is 354 Å². The zero-order valence-electron chi connectivity index (χ0n) is 38.6. The summed E-state index contributed by atoms with van der Waals surface area (Å²) < 4.78 is 23.6. The van der Waals surface area contributed by atoms with E-state index < -0.39 is 20.0 Å². The number of carbonyl (C=O) groups excluding carboxylic acids is 1. The van der Waals surface area contributed by atoms with Crippen LogP contribution >= 0.6 is 7.82 Å². The number of aliphatic hydroxyl groups excluding tert-OH is 1. The van der Waals surface area contributed by atoms with Gasteiger partial charge in [-0.2, -0.15) is 0 Å². The van der Waals surface area contributed by atoms with Gasteiger partial charge in [-0.3, -0.25) is 13.8 Å². The molecule has 0 bridgehead atoms. The first kappa shape index (κ1) is 56.2. The van der Waals surface area contributed by atoms with Gasteiger partial charge in [0, 0.05) is 6.42 Å². The summed E-state index contributed by atoms with van der Waals surface area (Å²) in [6, 6.07) is -0.755. The Morgan fingerprint density at radius 1 is 0.579 bits per heavy atom. The van der Waals surface area contributed by atoms with E-state index >= 15 is 0 Å². The molecule has 340 valence electrons. The Bertz CT molecular complexity index is 942. The van der Waals surface area contributed by atoms with E-state index in [0.29, 0.717) is 23.9 Å². The maximum absolute atomic E-state index is 12.9. The van der Waals surface area contributed by atoms with Crippen molar-refractivity contribution in [2.24, 2.45) is 0 Å². The van der Waals surface area contributed by atoms with Crippen molar-refractivity contribution in [1.29, 1.82) is 0 Å². The molecule has 1 amide bonds. The minimum absolute atomic E-state index is 0.0770. The zero-order chi connectivity index (χ0) is 42.1. The van der Waals surface area contributed by atoms with Crippen molar-refractivity contribution in [3.05, 3.63) is 12.2 Å². The molecule has 0 aliphatic rings. The number of nitrogens with one attached hydrogen (secondary N) is 1. The molecule has 9 heteroatoms. The molecule has 57 heavy (non-hydrogen) atoms. The van der Waals surface area contributed by atoms with Crippen molar-refractivity contribution in [1.82, 2.24) is 5.32 Å². The maximum atomic E-state index is 12.9. The summed E-state index contributed by atoms with van der Waals surface area (Å²) in [5.74, 6) is -0.143. The topological polar surface area (TPSA) is 105 Å². The molecular formula is C48H98N2O6P+. The van der Waals surface area contributed by atoms with Crippen molar-refractivity contribution in [3.63, 3.8) is 0 Å². The molecule has 1 unspecified atom stereocenters. The number of unbranched alkanes of at least 4 members (excludes halogenated alkanes) is 30. The van der Waals surface area contributed by atoms with Crippen LogP contribution in [0.15, 0.2) is 12.2 Å².